The van der Waals surface area contributed by atoms with E-state index in [4.69, 9.17) is 13.9 Å². The lowest BCUT2D eigenvalue weighted by molar-refractivity contribution is -0.119. The molecule has 3 aromatic rings. The van der Waals surface area contributed by atoms with Gasteiger partial charge in [0.25, 0.3) is 0 Å². The van der Waals surface area contributed by atoms with Crippen molar-refractivity contribution in [2.45, 2.75) is 13.3 Å². The number of oxazole rings is 1. The number of hydrogen-bond acceptors (Lipinski definition) is 5. The fraction of sp³-hybridized carbons (Fsp3) is 0.263. The summed E-state index contributed by atoms with van der Waals surface area (Å²) >= 11 is 0. The zero-order valence-corrected chi connectivity index (χ0v) is 14.8. The van der Waals surface area contributed by atoms with Gasteiger partial charge in [-0.3, -0.25) is 9.78 Å². The van der Waals surface area contributed by atoms with Gasteiger partial charge in [-0.25, -0.2) is 4.79 Å². The van der Waals surface area contributed by atoms with Crippen molar-refractivity contribution in [2.75, 3.05) is 19.5 Å². The Morgan fingerprint density at radius 3 is 2.69 bits per heavy atom. The van der Waals surface area contributed by atoms with E-state index in [-0.39, 0.29) is 11.8 Å². The zero-order chi connectivity index (χ0) is 18.7. The SMILES string of the molecule is COc1ccc(CC(C)C(=O)Nc2cccc3[nH]c(=O)oc23)cc1OC. The van der Waals surface area contributed by atoms with E-state index in [2.05, 4.69) is 10.3 Å². The molecule has 0 spiro atoms. The van der Waals surface area contributed by atoms with Gasteiger partial charge in [0, 0.05) is 5.92 Å². The molecule has 0 radical (unpaired) electrons. The molecule has 3 rings (SSSR count). The highest BCUT2D eigenvalue weighted by molar-refractivity contribution is 5.99. The molecule has 0 aliphatic rings. The number of ether oxygens (including phenoxy) is 2. The number of aromatic amines is 1. The first-order chi connectivity index (χ1) is 12.5. The highest BCUT2D eigenvalue weighted by Gasteiger charge is 2.17. The van der Waals surface area contributed by atoms with E-state index in [1.54, 1.807) is 32.4 Å². The third-order valence-electron chi connectivity index (χ3n) is 4.14. The molecular weight excluding hydrogens is 336 g/mol. The number of benzene rings is 2. The normalized spacial score (nSPS) is 12.0. The maximum atomic E-state index is 12.5. The van der Waals surface area contributed by atoms with Gasteiger partial charge in [-0.05, 0) is 36.2 Å². The quantitative estimate of drug-likeness (QED) is 0.708. The molecule has 1 unspecified atom stereocenters. The standard InChI is InChI=1S/C19H20N2O5/c1-11(9-12-7-8-15(24-2)16(10-12)25-3)18(22)20-13-5-4-6-14-17(13)26-19(23)21-14/h4-8,10-11H,9H2,1-3H3,(H,20,22)(H,21,23). The smallest absolute Gasteiger partial charge is 0.417 e. The van der Waals surface area contributed by atoms with E-state index in [9.17, 15) is 9.59 Å². The summed E-state index contributed by atoms with van der Waals surface area (Å²) in [5.74, 6) is 0.240. The Kier molecular flexibility index (Phi) is 4.97. The summed E-state index contributed by atoms with van der Waals surface area (Å²) in [4.78, 5) is 26.5. The lowest BCUT2D eigenvalue weighted by Gasteiger charge is -2.14. The number of rotatable bonds is 6. The molecular formula is C19H20N2O5. The van der Waals surface area contributed by atoms with Crippen LogP contribution in [-0.2, 0) is 11.2 Å². The summed E-state index contributed by atoms with van der Waals surface area (Å²) in [7, 11) is 3.15. The Morgan fingerprint density at radius 2 is 1.96 bits per heavy atom. The molecule has 2 N–H and O–H groups in total. The third-order valence-corrected chi connectivity index (χ3v) is 4.14. The van der Waals surface area contributed by atoms with Gasteiger partial charge in [-0.1, -0.05) is 19.1 Å². The predicted octanol–water partition coefficient (Wildman–Crippen LogP) is 2.96. The number of carbonyl (C=O) groups excluding carboxylic acids is 1. The molecule has 0 fully saturated rings. The lowest BCUT2D eigenvalue weighted by Crippen LogP contribution is -2.22. The van der Waals surface area contributed by atoms with Gasteiger partial charge >= 0.3 is 5.76 Å². The molecule has 1 amide bonds. The maximum Gasteiger partial charge on any atom is 0.417 e. The van der Waals surface area contributed by atoms with E-state index in [0.717, 1.165) is 5.56 Å². The van der Waals surface area contributed by atoms with Crippen molar-refractivity contribution in [3.05, 3.63) is 52.5 Å². The number of para-hydroxylation sites is 1. The molecule has 136 valence electrons. The second-order valence-corrected chi connectivity index (χ2v) is 5.98. The van der Waals surface area contributed by atoms with Gasteiger partial charge in [-0.15, -0.1) is 0 Å². The van der Waals surface area contributed by atoms with Crippen LogP contribution in [0.4, 0.5) is 5.69 Å². The Bertz CT molecular complexity index is 989. The van der Waals surface area contributed by atoms with E-state index in [1.807, 2.05) is 25.1 Å². The molecule has 1 aromatic heterocycles. The van der Waals surface area contributed by atoms with Gasteiger partial charge < -0.3 is 19.2 Å². The van der Waals surface area contributed by atoms with E-state index in [1.165, 1.54) is 0 Å². The van der Waals surface area contributed by atoms with Crippen molar-refractivity contribution in [1.82, 2.24) is 4.98 Å². The van der Waals surface area contributed by atoms with Gasteiger partial charge in [0.05, 0.1) is 25.4 Å². The number of amides is 1. The first kappa shape index (κ1) is 17.6. The van der Waals surface area contributed by atoms with Crippen molar-refractivity contribution < 1.29 is 18.7 Å². The summed E-state index contributed by atoms with van der Waals surface area (Å²) in [5.41, 5.74) is 2.30. The number of hydrogen-bond donors (Lipinski definition) is 2. The fourth-order valence-electron chi connectivity index (χ4n) is 2.78. The van der Waals surface area contributed by atoms with Crippen molar-refractivity contribution in [2.24, 2.45) is 5.92 Å². The molecule has 7 nitrogen and oxygen atoms in total. The first-order valence-electron chi connectivity index (χ1n) is 8.15. The van der Waals surface area contributed by atoms with Crippen LogP contribution < -0.4 is 20.5 Å². The van der Waals surface area contributed by atoms with E-state index >= 15 is 0 Å². The van der Waals surface area contributed by atoms with Crippen LogP contribution in [0.1, 0.15) is 12.5 Å². The van der Waals surface area contributed by atoms with Crippen LogP contribution in [0.5, 0.6) is 11.5 Å². The number of aromatic nitrogens is 1. The second kappa shape index (κ2) is 7.35. The molecule has 1 heterocycles. The monoisotopic (exact) mass is 356 g/mol. The van der Waals surface area contributed by atoms with Crippen LogP contribution in [0.2, 0.25) is 0 Å². The predicted molar refractivity (Wildman–Crippen MR) is 97.9 cm³/mol. The van der Waals surface area contributed by atoms with Gasteiger partial charge in [0.2, 0.25) is 5.91 Å². The van der Waals surface area contributed by atoms with Gasteiger partial charge in [0.1, 0.15) is 0 Å². The number of methoxy groups -OCH3 is 2. The van der Waals surface area contributed by atoms with Crippen LogP contribution in [0.25, 0.3) is 11.1 Å². The topological polar surface area (TPSA) is 93.6 Å². The molecule has 26 heavy (non-hydrogen) atoms. The highest BCUT2D eigenvalue weighted by Crippen LogP contribution is 2.29. The minimum atomic E-state index is -0.555. The zero-order valence-electron chi connectivity index (χ0n) is 14.8. The van der Waals surface area contributed by atoms with Crippen LogP contribution in [-0.4, -0.2) is 25.1 Å². The minimum absolute atomic E-state index is 0.170. The molecule has 1 atom stereocenters. The Balaban J connectivity index is 1.74. The number of H-pyrrole nitrogens is 1. The van der Waals surface area contributed by atoms with E-state index < -0.39 is 5.76 Å². The minimum Gasteiger partial charge on any atom is -0.493 e. The Hall–Kier alpha value is -3.22. The molecule has 2 aromatic carbocycles. The van der Waals surface area contributed by atoms with Crippen molar-refractivity contribution in [3.8, 4) is 11.5 Å². The fourth-order valence-corrected chi connectivity index (χ4v) is 2.78. The average Bonchev–Trinajstić information content (AvgIpc) is 3.02. The Labute approximate surface area is 149 Å². The molecule has 0 saturated carbocycles. The van der Waals surface area contributed by atoms with Crippen LogP contribution >= 0.6 is 0 Å². The summed E-state index contributed by atoms with van der Waals surface area (Å²) in [6.45, 7) is 1.83. The highest BCUT2D eigenvalue weighted by atomic mass is 16.5. The van der Waals surface area contributed by atoms with Gasteiger partial charge in [-0.2, -0.15) is 0 Å². The number of anilines is 1. The van der Waals surface area contributed by atoms with Crippen molar-refractivity contribution in [1.29, 1.82) is 0 Å². The molecule has 0 saturated heterocycles. The van der Waals surface area contributed by atoms with Crippen molar-refractivity contribution >= 4 is 22.7 Å². The lowest BCUT2D eigenvalue weighted by atomic mass is 10.00. The summed E-state index contributed by atoms with van der Waals surface area (Å²) in [6.07, 6.45) is 0.527. The van der Waals surface area contributed by atoms with Crippen molar-refractivity contribution in [3.63, 3.8) is 0 Å². The van der Waals surface area contributed by atoms with Crippen LogP contribution in [0, 0.1) is 5.92 Å². The molecule has 7 heteroatoms. The summed E-state index contributed by atoms with van der Waals surface area (Å²) in [6, 6.07) is 10.7. The molecule has 0 aliphatic carbocycles. The van der Waals surface area contributed by atoms with Gasteiger partial charge in [0.15, 0.2) is 17.1 Å². The number of nitrogens with one attached hydrogen (secondary N) is 2. The average molecular weight is 356 g/mol. The number of carbonyl (C=O) groups is 1. The first-order valence-corrected chi connectivity index (χ1v) is 8.15. The van der Waals surface area contributed by atoms with Crippen LogP contribution in [0.15, 0.2) is 45.6 Å². The largest absolute Gasteiger partial charge is 0.493 e. The van der Waals surface area contributed by atoms with Crippen LogP contribution in [0.3, 0.4) is 0 Å². The summed E-state index contributed by atoms with van der Waals surface area (Å²) in [5, 5.41) is 2.82. The maximum absolute atomic E-state index is 12.5. The number of fused-ring (bicyclic) bond motifs is 1. The third kappa shape index (κ3) is 3.56. The summed E-state index contributed by atoms with van der Waals surface area (Å²) < 4.78 is 15.6. The second-order valence-electron chi connectivity index (χ2n) is 5.98. The molecule has 0 aliphatic heterocycles. The Morgan fingerprint density at radius 1 is 1.19 bits per heavy atom. The molecule has 0 bridgehead atoms. The van der Waals surface area contributed by atoms with E-state index in [0.29, 0.717) is 34.7 Å².